The van der Waals surface area contributed by atoms with Crippen molar-refractivity contribution in [2.45, 2.75) is 6.92 Å². The SMILES string of the molecule is CCNc1ccc([N+](=O)[O-])c(-c2cc(F)ccc2F)n1. The normalized spacial score (nSPS) is 10.3. The van der Waals surface area contributed by atoms with Gasteiger partial charge in [0.2, 0.25) is 0 Å². The van der Waals surface area contributed by atoms with Crippen LogP contribution in [0.3, 0.4) is 0 Å². The molecule has 0 aliphatic carbocycles. The zero-order valence-electron chi connectivity index (χ0n) is 10.6. The topological polar surface area (TPSA) is 68.1 Å². The third-order valence-electron chi connectivity index (χ3n) is 2.61. The van der Waals surface area contributed by atoms with Crippen molar-refractivity contribution in [1.29, 1.82) is 0 Å². The fourth-order valence-corrected chi connectivity index (χ4v) is 1.76. The van der Waals surface area contributed by atoms with Crippen molar-refractivity contribution < 1.29 is 13.7 Å². The molecule has 20 heavy (non-hydrogen) atoms. The molecule has 1 N–H and O–H groups in total. The van der Waals surface area contributed by atoms with Crippen LogP contribution in [0.1, 0.15) is 6.92 Å². The Labute approximate surface area is 113 Å². The van der Waals surface area contributed by atoms with Crippen LogP contribution in [0.25, 0.3) is 11.3 Å². The number of benzene rings is 1. The third kappa shape index (κ3) is 2.71. The van der Waals surface area contributed by atoms with E-state index in [1.165, 1.54) is 12.1 Å². The van der Waals surface area contributed by atoms with E-state index in [9.17, 15) is 18.9 Å². The molecule has 0 bridgehead atoms. The molecule has 0 saturated heterocycles. The summed E-state index contributed by atoms with van der Waals surface area (Å²) in [6.45, 7) is 2.38. The highest BCUT2D eigenvalue weighted by Crippen LogP contribution is 2.31. The van der Waals surface area contributed by atoms with Gasteiger partial charge in [-0.25, -0.2) is 13.8 Å². The number of halogens is 2. The summed E-state index contributed by atoms with van der Waals surface area (Å²) in [6, 6.07) is 5.38. The van der Waals surface area contributed by atoms with Crippen LogP contribution in [0.4, 0.5) is 20.3 Å². The van der Waals surface area contributed by atoms with E-state index in [4.69, 9.17) is 0 Å². The average Bonchev–Trinajstić information content (AvgIpc) is 2.41. The summed E-state index contributed by atoms with van der Waals surface area (Å²) in [4.78, 5) is 14.3. The number of hydrogen-bond donors (Lipinski definition) is 1. The number of rotatable bonds is 4. The molecule has 2 aromatic rings. The zero-order chi connectivity index (χ0) is 14.7. The summed E-state index contributed by atoms with van der Waals surface area (Å²) < 4.78 is 27.0. The molecule has 0 amide bonds. The number of nitrogens with one attached hydrogen (secondary N) is 1. The van der Waals surface area contributed by atoms with E-state index in [1.54, 1.807) is 0 Å². The van der Waals surface area contributed by atoms with E-state index in [0.717, 1.165) is 18.2 Å². The quantitative estimate of drug-likeness (QED) is 0.688. The minimum atomic E-state index is -0.768. The van der Waals surface area contributed by atoms with Crippen molar-refractivity contribution >= 4 is 11.5 Å². The predicted octanol–water partition coefficient (Wildman–Crippen LogP) is 3.37. The van der Waals surface area contributed by atoms with Crippen LogP contribution in [0.5, 0.6) is 0 Å². The van der Waals surface area contributed by atoms with E-state index in [-0.39, 0.29) is 16.9 Å². The first-order valence-electron chi connectivity index (χ1n) is 5.87. The highest BCUT2D eigenvalue weighted by atomic mass is 19.1. The van der Waals surface area contributed by atoms with Gasteiger partial charge in [0.25, 0.3) is 5.69 Å². The predicted molar refractivity (Wildman–Crippen MR) is 70.4 cm³/mol. The van der Waals surface area contributed by atoms with Gasteiger partial charge >= 0.3 is 0 Å². The molecule has 0 fully saturated rings. The largest absolute Gasteiger partial charge is 0.370 e. The highest BCUT2D eigenvalue weighted by molar-refractivity contribution is 5.71. The van der Waals surface area contributed by atoms with E-state index in [0.29, 0.717) is 12.4 Å². The van der Waals surface area contributed by atoms with Crippen LogP contribution in [0, 0.1) is 21.7 Å². The number of anilines is 1. The Morgan fingerprint density at radius 3 is 2.70 bits per heavy atom. The van der Waals surface area contributed by atoms with Crippen molar-refractivity contribution in [3.8, 4) is 11.3 Å². The third-order valence-corrected chi connectivity index (χ3v) is 2.61. The summed E-state index contributed by atoms with van der Waals surface area (Å²) in [5, 5.41) is 13.9. The van der Waals surface area contributed by atoms with Gasteiger partial charge in [-0.05, 0) is 31.2 Å². The van der Waals surface area contributed by atoms with Gasteiger partial charge in [0.15, 0.2) is 5.69 Å². The summed E-state index contributed by atoms with van der Waals surface area (Å²) in [5.74, 6) is -1.10. The smallest absolute Gasteiger partial charge is 0.295 e. The average molecular weight is 279 g/mol. The molecule has 2 rings (SSSR count). The van der Waals surface area contributed by atoms with Gasteiger partial charge in [-0.3, -0.25) is 10.1 Å². The van der Waals surface area contributed by atoms with Gasteiger partial charge in [0, 0.05) is 18.2 Å². The second-order valence-electron chi connectivity index (χ2n) is 3.98. The lowest BCUT2D eigenvalue weighted by Crippen LogP contribution is -2.03. The van der Waals surface area contributed by atoms with Gasteiger partial charge < -0.3 is 5.32 Å². The number of pyridine rings is 1. The molecule has 0 aliphatic heterocycles. The fourth-order valence-electron chi connectivity index (χ4n) is 1.76. The zero-order valence-corrected chi connectivity index (χ0v) is 10.6. The molecule has 5 nitrogen and oxygen atoms in total. The maximum absolute atomic E-state index is 13.8. The van der Waals surface area contributed by atoms with Crippen LogP contribution >= 0.6 is 0 Å². The Balaban J connectivity index is 2.65. The van der Waals surface area contributed by atoms with Crippen LogP contribution in [-0.4, -0.2) is 16.5 Å². The molecule has 0 atom stereocenters. The van der Waals surface area contributed by atoms with E-state index >= 15 is 0 Å². The van der Waals surface area contributed by atoms with Crippen molar-refractivity contribution in [1.82, 2.24) is 4.98 Å². The number of nitro groups is 1. The molecule has 0 saturated carbocycles. The van der Waals surface area contributed by atoms with Crippen LogP contribution in [0.2, 0.25) is 0 Å². The van der Waals surface area contributed by atoms with E-state index in [1.807, 2.05) is 6.92 Å². The lowest BCUT2D eigenvalue weighted by atomic mass is 10.1. The molecule has 0 unspecified atom stereocenters. The Bertz CT molecular complexity index is 662. The van der Waals surface area contributed by atoms with Crippen molar-refractivity contribution in [3.63, 3.8) is 0 Å². The fraction of sp³-hybridized carbons (Fsp3) is 0.154. The standard InChI is InChI=1S/C13H11F2N3O2/c1-2-16-12-6-5-11(18(19)20)13(17-12)9-7-8(14)3-4-10(9)15/h3-7H,2H2,1H3,(H,16,17). The van der Waals surface area contributed by atoms with Gasteiger partial charge in [-0.15, -0.1) is 0 Å². The summed E-state index contributed by atoms with van der Waals surface area (Å²) in [6.07, 6.45) is 0. The Morgan fingerprint density at radius 1 is 1.30 bits per heavy atom. The molecule has 1 aromatic carbocycles. The maximum Gasteiger partial charge on any atom is 0.295 e. The van der Waals surface area contributed by atoms with Crippen LogP contribution in [0.15, 0.2) is 30.3 Å². The monoisotopic (exact) mass is 279 g/mol. The molecular weight excluding hydrogens is 268 g/mol. The molecule has 0 aliphatic rings. The highest BCUT2D eigenvalue weighted by Gasteiger charge is 2.21. The molecule has 1 aromatic heterocycles. The van der Waals surface area contributed by atoms with Crippen molar-refractivity contribution in [2.24, 2.45) is 0 Å². The van der Waals surface area contributed by atoms with Gasteiger partial charge in [0.05, 0.1) is 4.92 Å². The molecular formula is C13H11F2N3O2. The first-order chi connectivity index (χ1) is 9.52. The molecule has 0 spiro atoms. The molecule has 7 heteroatoms. The number of hydrogen-bond acceptors (Lipinski definition) is 4. The molecule has 104 valence electrons. The minimum Gasteiger partial charge on any atom is -0.370 e. The number of nitrogens with zero attached hydrogens (tertiary/aromatic N) is 2. The Morgan fingerprint density at radius 2 is 2.05 bits per heavy atom. The van der Waals surface area contributed by atoms with E-state index < -0.39 is 16.6 Å². The first kappa shape index (κ1) is 13.9. The number of aromatic nitrogens is 1. The lowest BCUT2D eigenvalue weighted by molar-refractivity contribution is -0.384. The molecule has 1 heterocycles. The van der Waals surface area contributed by atoms with Crippen molar-refractivity contribution in [3.05, 3.63) is 52.1 Å². The van der Waals surface area contributed by atoms with Crippen LogP contribution < -0.4 is 5.32 Å². The summed E-state index contributed by atoms with van der Waals surface area (Å²) >= 11 is 0. The summed E-state index contributed by atoms with van der Waals surface area (Å²) in [5.41, 5.74) is -0.821. The van der Waals surface area contributed by atoms with Crippen LogP contribution in [-0.2, 0) is 0 Å². The maximum atomic E-state index is 13.8. The molecule has 0 radical (unpaired) electrons. The van der Waals surface area contributed by atoms with Gasteiger partial charge in [-0.2, -0.15) is 0 Å². The minimum absolute atomic E-state index is 0.203. The Kier molecular flexibility index (Phi) is 3.88. The second kappa shape index (κ2) is 5.60. The lowest BCUT2D eigenvalue weighted by Gasteiger charge is -2.07. The van der Waals surface area contributed by atoms with Gasteiger partial charge in [0.1, 0.15) is 17.5 Å². The van der Waals surface area contributed by atoms with Crippen molar-refractivity contribution in [2.75, 3.05) is 11.9 Å². The first-order valence-corrected chi connectivity index (χ1v) is 5.87. The summed E-state index contributed by atoms with van der Waals surface area (Å²) in [7, 11) is 0. The van der Waals surface area contributed by atoms with Gasteiger partial charge in [-0.1, -0.05) is 0 Å². The van der Waals surface area contributed by atoms with E-state index in [2.05, 4.69) is 10.3 Å². The second-order valence-corrected chi connectivity index (χ2v) is 3.98. The Hall–Kier alpha value is -2.57.